The van der Waals surface area contributed by atoms with Crippen molar-refractivity contribution >= 4 is 0 Å². The summed E-state index contributed by atoms with van der Waals surface area (Å²) < 4.78 is 5.45. The molecule has 0 saturated carbocycles. The Hall–Kier alpha value is -0.940. The van der Waals surface area contributed by atoms with Gasteiger partial charge < -0.3 is 14.9 Å². The number of hydrogen-bond donors (Lipinski definition) is 2. The molecule has 1 aromatic rings. The molecule has 0 aromatic heterocycles. The topological polar surface area (TPSA) is 52.9 Å². The van der Waals surface area contributed by atoms with Crippen LogP contribution in [0.1, 0.15) is 5.56 Å². The maximum absolute atomic E-state index is 9.41. The van der Waals surface area contributed by atoms with Crippen molar-refractivity contribution in [2.45, 2.75) is 18.7 Å². The first-order chi connectivity index (χ1) is 8.35. The Morgan fingerprint density at radius 1 is 1.18 bits per heavy atom. The van der Waals surface area contributed by atoms with Gasteiger partial charge >= 0.3 is 0 Å². The molecular formula is C13H19NO3. The summed E-state index contributed by atoms with van der Waals surface area (Å²) >= 11 is 0. The SMILES string of the molecule is OC[C@@H]1OCCN(Cc2ccccc2)[C@H]1CO. The summed E-state index contributed by atoms with van der Waals surface area (Å²) in [6, 6.07) is 10.0. The minimum atomic E-state index is -0.280. The molecule has 1 saturated heterocycles. The fourth-order valence-electron chi connectivity index (χ4n) is 2.26. The fourth-order valence-corrected chi connectivity index (χ4v) is 2.26. The van der Waals surface area contributed by atoms with Gasteiger partial charge in [0.1, 0.15) is 0 Å². The lowest BCUT2D eigenvalue weighted by Gasteiger charge is -2.39. The van der Waals surface area contributed by atoms with E-state index in [4.69, 9.17) is 4.74 Å². The van der Waals surface area contributed by atoms with Crippen LogP contribution in [0.5, 0.6) is 0 Å². The van der Waals surface area contributed by atoms with Crippen LogP contribution < -0.4 is 0 Å². The highest BCUT2D eigenvalue weighted by Gasteiger charge is 2.31. The second-order valence-electron chi connectivity index (χ2n) is 4.30. The molecule has 2 rings (SSSR count). The van der Waals surface area contributed by atoms with E-state index in [1.54, 1.807) is 0 Å². The van der Waals surface area contributed by atoms with E-state index >= 15 is 0 Å². The number of benzene rings is 1. The van der Waals surface area contributed by atoms with E-state index in [9.17, 15) is 10.2 Å². The van der Waals surface area contributed by atoms with Crippen LogP contribution in [-0.2, 0) is 11.3 Å². The molecule has 2 atom stereocenters. The number of ether oxygens (including phenoxy) is 1. The molecule has 94 valence electrons. The average Bonchev–Trinajstić information content (AvgIpc) is 2.39. The predicted octanol–water partition coefficient (Wildman–Crippen LogP) is 0.241. The summed E-state index contributed by atoms with van der Waals surface area (Å²) in [5.74, 6) is 0. The van der Waals surface area contributed by atoms with Gasteiger partial charge in [-0.1, -0.05) is 30.3 Å². The molecule has 1 aliphatic rings. The van der Waals surface area contributed by atoms with Crippen LogP contribution in [0.2, 0.25) is 0 Å². The number of morpholine rings is 1. The molecular weight excluding hydrogens is 218 g/mol. The third-order valence-electron chi connectivity index (χ3n) is 3.20. The summed E-state index contributed by atoms with van der Waals surface area (Å²) in [6.45, 7) is 2.14. The van der Waals surface area contributed by atoms with Gasteiger partial charge in [0.2, 0.25) is 0 Å². The predicted molar refractivity (Wildman–Crippen MR) is 64.6 cm³/mol. The lowest BCUT2D eigenvalue weighted by atomic mass is 10.1. The highest BCUT2D eigenvalue weighted by Crippen LogP contribution is 2.16. The third kappa shape index (κ3) is 3.04. The van der Waals surface area contributed by atoms with E-state index in [0.29, 0.717) is 6.61 Å². The Morgan fingerprint density at radius 2 is 1.94 bits per heavy atom. The number of aliphatic hydroxyl groups excluding tert-OH is 2. The first-order valence-electron chi connectivity index (χ1n) is 5.96. The van der Waals surface area contributed by atoms with Crippen molar-refractivity contribution in [2.75, 3.05) is 26.4 Å². The minimum Gasteiger partial charge on any atom is -0.395 e. The Kier molecular flexibility index (Phi) is 4.50. The van der Waals surface area contributed by atoms with Crippen molar-refractivity contribution in [2.24, 2.45) is 0 Å². The summed E-state index contributed by atoms with van der Waals surface area (Å²) in [5, 5.41) is 18.6. The quantitative estimate of drug-likeness (QED) is 0.787. The van der Waals surface area contributed by atoms with Crippen LogP contribution in [0.25, 0.3) is 0 Å². The molecule has 17 heavy (non-hydrogen) atoms. The lowest BCUT2D eigenvalue weighted by molar-refractivity contribution is -0.107. The molecule has 4 nitrogen and oxygen atoms in total. The fraction of sp³-hybridized carbons (Fsp3) is 0.538. The van der Waals surface area contributed by atoms with E-state index < -0.39 is 0 Å². The summed E-state index contributed by atoms with van der Waals surface area (Å²) in [6.07, 6.45) is -0.280. The summed E-state index contributed by atoms with van der Waals surface area (Å²) in [7, 11) is 0. The molecule has 0 aliphatic carbocycles. The van der Waals surface area contributed by atoms with Gasteiger partial charge in [0.15, 0.2) is 0 Å². The van der Waals surface area contributed by atoms with Gasteiger partial charge in [-0.3, -0.25) is 4.90 Å². The summed E-state index contributed by atoms with van der Waals surface area (Å²) in [4.78, 5) is 2.17. The van der Waals surface area contributed by atoms with E-state index in [1.807, 2.05) is 18.2 Å². The molecule has 1 heterocycles. The second kappa shape index (κ2) is 6.12. The second-order valence-corrected chi connectivity index (χ2v) is 4.30. The average molecular weight is 237 g/mol. The molecule has 0 radical (unpaired) electrons. The Balaban J connectivity index is 2.03. The number of rotatable bonds is 4. The first-order valence-corrected chi connectivity index (χ1v) is 5.96. The Morgan fingerprint density at radius 3 is 2.59 bits per heavy atom. The minimum absolute atomic E-state index is 0.0120. The van der Waals surface area contributed by atoms with E-state index in [1.165, 1.54) is 5.56 Å². The molecule has 1 fully saturated rings. The number of nitrogens with zero attached hydrogens (tertiary/aromatic N) is 1. The Labute approximate surface area is 101 Å². The molecule has 4 heteroatoms. The zero-order valence-corrected chi connectivity index (χ0v) is 9.83. The molecule has 0 spiro atoms. The van der Waals surface area contributed by atoms with Crippen molar-refractivity contribution < 1.29 is 14.9 Å². The molecule has 1 aliphatic heterocycles. The molecule has 2 N–H and O–H groups in total. The van der Waals surface area contributed by atoms with Gasteiger partial charge in [0, 0.05) is 13.1 Å². The standard InChI is InChI=1S/C13H19NO3/c15-9-12-13(10-16)17-7-6-14(12)8-11-4-2-1-3-5-11/h1-5,12-13,15-16H,6-10H2/t12-,13-/m0/s1. The maximum atomic E-state index is 9.41. The summed E-state index contributed by atoms with van der Waals surface area (Å²) in [5.41, 5.74) is 1.21. The van der Waals surface area contributed by atoms with Gasteiger partial charge in [-0.2, -0.15) is 0 Å². The van der Waals surface area contributed by atoms with Crippen LogP contribution >= 0.6 is 0 Å². The molecule has 0 unspecified atom stereocenters. The van der Waals surface area contributed by atoms with E-state index in [0.717, 1.165) is 13.1 Å². The highest BCUT2D eigenvalue weighted by molar-refractivity contribution is 5.14. The highest BCUT2D eigenvalue weighted by atomic mass is 16.5. The van der Waals surface area contributed by atoms with E-state index in [-0.39, 0.29) is 25.4 Å². The van der Waals surface area contributed by atoms with Crippen molar-refractivity contribution in [3.8, 4) is 0 Å². The zero-order chi connectivity index (χ0) is 12.1. The monoisotopic (exact) mass is 237 g/mol. The molecule has 0 bridgehead atoms. The van der Waals surface area contributed by atoms with Gasteiger partial charge in [-0.15, -0.1) is 0 Å². The van der Waals surface area contributed by atoms with Gasteiger partial charge in [-0.05, 0) is 5.56 Å². The van der Waals surface area contributed by atoms with Crippen molar-refractivity contribution in [1.82, 2.24) is 4.90 Å². The van der Waals surface area contributed by atoms with Gasteiger partial charge in [0.25, 0.3) is 0 Å². The normalized spacial score (nSPS) is 26.0. The smallest absolute Gasteiger partial charge is 0.0983 e. The molecule has 0 amide bonds. The van der Waals surface area contributed by atoms with Crippen molar-refractivity contribution in [1.29, 1.82) is 0 Å². The van der Waals surface area contributed by atoms with Crippen molar-refractivity contribution in [3.63, 3.8) is 0 Å². The van der Waals surface area contributed by atoms with Crippen molar-refractivity contribution in [3.05, 3.63) is 35.9 Å². The lowest BCUT2D eigenvalue weighted by Crippen LogP contribution is -2.54. The number of aliphatic hydroxyl groups is 2. The largest absolute Gasteiger partial charge is 0.395 e. The Bertz CT molecular complexity index is 331. The van der Waals surface area contributed by atoms with Crippen LogP contribution in [0.3, 0.4) is 0 Å². The van der Waals surface area contributed by atoms with Gasteiger partial charge in [0.05, 0.1) is 32.0 Å². The van der Waals surface area contributed by atoms with Crippen LogP contribution in [-0.4, -0.2) is 53.6 Å². The third-order valence-corrected chi connectivity index (χ3v) is 3.20. The van der Waals surface area contributed by atoms with Crippen LogP contribution in [0, 0.1) is 0 Å². The van der Waals surface area contributed by atoms with E-state index in [2.05, 4.69) is 17.0 Å². The zero-order valence-electron chi connectivity index (χ0n) is 9.83. The van der Waals surface area contributed by atoms with Gasteiger partial charge in [-0.25, -0.2) is 0 Å². The van der Waals surface area contributed by atoms with Crippen LogP contribution in [0.4, 0.5) is 0 Å². The molecule has 1 aromatic carbocycles. The maximum Gasteiger partial charge on any atom is 0.0983 e. The van der Waals surface area contributed by atoms with Crippen LogP contribution in [0.15, 0.2) is 30.3 Å². The number of hydrogen-bond acceptors (Lipinski definition) is 4. The first kappa shape index (κ1) is 12.5.